The van der Waals surface area contributed by atoms with E-state index >= 15 is 0 Å². The molecule has 2 fully saturated rings. The summed E-state index contributed by atoms with van der Waals surface area (Å²) >= 11 is 0. The standard InChI is InChI=1S/C28H35N3O4/c1-25(2,3)21-13-18(35-30-21)11-12-22(32)31-17-26(4)14-27(5,16-28(6,15-26)24(31)33)23-29-19-9-7-8-10-20(19)34-23/h7-12,18H,13-17H2,1-6H3/b12-11+/t18?,26-,27+,28-/m1/s1. The largest absolute Gasteiger partial charge is 0.440 e. The number of oxime groups is 1. The summed E-state index contributed by atoms with van der Waals surface area (Å²) < 4.78 is 6.16. The number of fused-ring (bicyclic) bond motifs is 3. The second-order valence-electron chi connectivity index (χ2n) is 12.7. The molecule has 0 N–H and O–H groups in total. The third kappa shape index (κ3) is 4.19. The molecular formula is C28H35N3O4. The molecule has 5 rings (SSSR count). The lowest BCUT2D eigenvalue weighted by atomic mass is 9.52. The van der Waals surface area contributed by atoms with Gasteiger partial charge in [-0.1, -0.05) is 58.8 Å². The minimum Gasteiger partial charge on any atom is -0.440 e. The van der Waals surface area contributed by atoms with Gasteiger partial charge >= 0.3 is 0 Å². The molecule has 1 saturated heterocycles. The average Bonchev–Trinajstić information content (AvgIpc) is 3.41. The fourth-order valence-corrected chi connectivity index (χ4v) is 6.66. The van der Waals surface area contributed by atoms with Gasteiger partial charge in [0.25, 0.3) is 5.91 Å². The number of benzene rings is 1. The van der Waals surface area contributed by atoms with Crippen LogP contribution in [0.3, 0.4) is 0 Å². The van der Waals surface area contributed by atoms with E-state index in [-0.39, 0.29) is 34.2 Å². The summed E-state index contributed by atoms with van der Waals surface area (Å²) in [5, 5.41) is 4.18. The predicted molar refractivity (Wildman–Crippen MR) is 134 cm³/mol. The molecule has 3 aliphatic rings. The molecule has 0 radical (unpaired) electrons. The molecule has 35 heavy (non-hydrogen) atoms. The van der Waals surface area contributed by atoms with Crippen LogP contribution in [0.1, 0.15) is 73.1 Å². The van der Waals surface area contributed by atoms with Crippen molar-refractivity contribution in [3.05, 3.63) is 42.3 Å². The number of carbonyl (C=O) groups is 2. The summed E-state index contributed by atoms with van der Waals surface area (Å²) in [7, 11) is 0. The molecule has 1 saturated carbocycles. The molecule has 2 aliphatic heterocycles. The molecule has 0 spiro atoms. The van der Waals surface area contributed by atoms with Gasteiger partial charge in [-0.3, -0.25) is 14.5 Å². The topological polar surface area (TPSA) is 85.0 Å². The third-order valence-electron chi connectivity index (χ3n) is 7.80. The normalized spacial score (nSPS) is 33.3. The number of hydrogen-bond acceptors (Lipinski definition) is 6. The molecular weight excluding hydrogens is 442 g/mol. The van der Waals surface area contributed by atoms with Crippen molar-refractivity contribution in [2.45, 2.75) is 78.7 Å². The zero-order chi connectivity index (χ0) is 25.2. The highest BCUT2D eigenvalue weighted by Gasteiger charge is 2.59. The number of carbonyl (C=O) groups excluding carboxylic acids is 2. The smallest absolute Gasteiger partial charge is 0.253 e. The molecule has 3 heterocycles. The predicted octanol–water partition coefficient (Wildman–Crippen LogP) is 5.40. The lowest BCUT2D eigenvalue weighted by molar-refractivity contribution is -0.167. The van der Waals surface area contributed by atoms with Crippen molar-refractivity contribution < 1.29 is 18.8 Å². The molecule has 4 atom stereocenters. The average molecular weight is 478 g/mol. The van der Waals surface area contributed by atoms with Gasteiger partial charge < -0.3 is 9.25 Å². The maximum atomic E-state index is 13.7. The Morgan fingerprint density at radius 3 is 2.51 bits per heavy atom. The molecule has 1 aromatic carbocycles. The van der Waals surface area contributed by atoms with Crippen LogP contribution < -0.4 is 0 Å². The van der Waals surface area contributed by atoms with E-state index in [0.29, 0.717) is 25.3 Å². The van der Waals surface area contributed by atoms with E-state index in [0.717, 1.165) is 29.7 Å². The van der Waals surface area contributed by atoms with Crippen molar-refractivity contribution in [1.29, 1.82) is 0 Å². The quantitative estimate of drug-likeness (QED) is 0.553. The summed E-state index contributed by atoms with van der Waals surface area (Å²) in [4.78, 5) is 38.6. The fourth-order valence-electron chi connectivity index (χ4n) is 6.66. The first-order valence-electron chi connectivity index (χ1n) is 12.4. The van der Waals surface area contributed by atoms with E-state index in [1.165, 1.54) is 11.0 Å². The van der Waals surface area contributed by atoms with Crippen LogP contribution in [0.25, 0.3) is 11.1 Å². The highest BCUT2D eigenvalue weighted by molar-refractivity contribution is 6.03. The van der Waals surface area contributed by atoms with Gasteiger partial charge in [0.15, 0.2) is 11.7 Å². The van der Waals surface area contributed by atoms with E-state index in [1.807, 2.05) is 31.2 Å². The number of rotatable bonds is 3. The summed E-state index contributed by atoms with van der Waals surface area (Å²) in [6.45, 7) is 13.0. The first-order chi connectivity index (χ1) is 16.3. The summed E-state index contributed by atoms with van der Waals surface area (Å²) in [5.74, 6) is 0.271. The van der Waals surface area contributed by atoms with Crippen LogP contribution >= 0.6 is 0 Å². The lowest BCUT2D eigenvalue weighted by Gasteiger charge is -2.56. The summed E-state index contributed by atoms with van der Waals surface area (Å²) in [6, 6.07) is 7.75. The van der Waals surface area contributed by atoms with Crippen molar-refractivity contribution >= 4 is 28.6 Å². The zero-order valence-electron chi connectivity index (χ0n) is 21.6. The molecule has 2 aromatic rings. The molecule has 1 aromatic heterocycles. The number of piperidine rings is 1. The number of hydrogen-bond donors (Lipinski definition) is 0. The maximum Gasteiger partial charge on any atom is 0.253 e. The van der Waals surface area contributed by atoms with Crippen molar-refractivity contribution in [3.8, 4) is 0 Å². The maximum absolute atomic E-state index is 13.7. The second kappa shape index (κ2) is 7.77. The van der Waals surface area contributed by atoms with Crippen LogP contribution in [-0.2, 0) is 19.8 Å². The van der Waals surface area contributed by atoms with Gasteiger partial charge in [-0.2, -0.15) is 0 Å². The van der Waals surface area contributed by atoms with Gasteiger partial charge in [0.05, 0.1) is 5.71 Å². The minimum atomic E-state index is -0.670. The number of amides is 2. The Hall–Kier alpha value is -2.96. The highest BCUT2D eigenvalue weighted by Crippen LogP contribution is 2.58. The van der Waals surface area contributed by atoms with Gasteiger partial charge in [0, 0.05) is 35.3 Å². The summed E-state index contributed by atoms with van der Waals surface area (Å²) in [5.41, 5.74) is 1.20. The molecule has 7 heteroatoms. The van der Waals surface area contributed by atoms with Gasteiger partial charge in [0.2, 0.25) is 11.8 Å². The molecule has 1 aliphatic carbocycles. The van der Waals surface area contributed by atoms with Gasteiger partial charge in [-0.15, -0.1) is 0 Å². The van der Waals surface area contributed by atoms with Crippen LogP contribution in [0.2, 0.25) is 0 Å². The van der Waals surface area contributed by atoms with Crippen LogP contribution in [0.15, 0.2) is 46.0 Å². The number of imide groups is 1. The van der Waals surface area contributed by atoms with Crippen molar-refractivity contribution in [2.75, 3.05) is 6.54 Å². The number of aromatic nitrogens is 1. The molecule has 2 amide bonds. The van der Waals surface area contributed by atoms with Crippen molar-refractivity contribution in [3.63, 3.8) is 0 Å². The van der Waals surface area contributed by atoms with E-state index in [1.54, 1.807) is 6.08 Å². The molecule has 2 bridgehead atoms. The van der Waals surface area contributed by atoms with E-state index in [2.05, 4.69) is 39.8 Å². The van der Waals surface area contributed by atoms with Crippen LogP contribution in [0.5, 0.6) is 0 Å². The van der Waals surface area contributed by atoms with Gasteiger partial charge in [0.1, 0.15) is 5.52 Å². The van der Waals surface area contributed by atoms with Crippen molar-refractivity contribution in [1.82, 2.24) is 9.88 Å². The number of para-hydroxylation sites is 2. The number of likely N-dealkylation sites (tertiary alicyclic amines) is 1. The molecule has 1 unspecified atom stereocenters. The summed E-state index contributed by atoms with van der Waals surface area (Å²) in [6.07, 6.45) is 5.71. The highest BCUT2D eigenvalue weighted by atomic mass is 16.6. The Balaban J connectivity index is 1.35. The second-order valence-corrected chi connectivity index (χ2v) is 12.7. The SMILES string of the molecule is CC(C)(C)C1=NOC(/C=C/C(=O)N2C[C@@]3(C)C[C@](C)(C[C@@](C)(c4nc5ccccc5o4)C3)C2=O)C1. The van der Waals surface area contributed by atoms with E-state index < -0.39 is 5.41 Å². The van der Waals surface area contributed by atoms with Crippen LogP contribution in [0.4, 0.5) is 0 Å². The van der Waals surface area contributed by atoms with Gasteiger partial charge in [-0.05, 0) is 42.9 Å². The molecule has 186 valence electrons. The van der Waals surface area contributed by atoms with E-state index in [4.69, 9.17) is 14.2 Å². The minimum absolute atomic E-state index is 0.0720. The Morgan fingerprint density at radius 1 is 1.11 bits per heavy atom. The Kier molecular flexibility index (Phi) is 5.28. The number of nitrogens with zero attached hydrogens (tertiary/aromatic N) is 3. The van der Waals surface area contributed by atoms with Crippen molar-refractivity contribution in [2.24, 2.45) is 21.4 Å². The monoisotopic (exact) mass is 477 g/mol. The lowest BCUT2D eigenvalue weighted by Crippen LogP contribution is -2.62. The van der Waals surface area contributed by atoms with Crippen LogP contribution in [0, 0.1) is 16.2 Å². The third-order valence-corrected chi connectivity index (χ3v) is 7.80. The first kappa shape index (κ1) is 23.8. The van der Waals surface area contributed by atoms with E-state index in [9.17, 15) is 9.59 Å². The zero-order valence-corrected chi connectivity index (χ0v) is 21.6. The number of oxazole rings is 1. The first-order valence-corrected chi connectivity index (χ1v) is 12.4. The fraction of sp³-hybridized carbons (Fsp3) is 0.571. The Labute approximate surface area is 206 Å². The Morgan fingerprint density at radius 2 is 1.83 bits per heavy atom. The van der Waals surface area contributed by atoms with Crippen LogP contribution in [-0.4, -0.2) is 40.1 Å². The molecule has 7 nitrogen and oxygen atoms in total. The van der Waals surface area contributed by atoms with Gasteiger partial charge in [-0.25, -0.2) is 4.98 Å². The Bertz CT molecular complexity index is 1220.